The van der Waals surface area contributed by atoms with E-state index in [1.165, 1.54) is 11.3 Å². The average Bonchev–Trinajstić information content (AvgIpc) is 3.33. The lowest BCUT2D eigenvalue weighted by Gasteiger charge is -2.34. The summed E-state index contributed by atoms with van der Waals surface area (Å²) in [6.45, 7) is 2.14. The van der Waals surface area contributed by atoms with Crippen LogP contribution in [0.25, 0.3) is 0 Å². The first kappa shape index (κ1) is 15.6. The molecule has 0 spiro atoms. The summed E-state index contributed by atoms with van der Waals surface area (Å²) in [5.41, 5.74) is 1.17. The first-order chi connectivity index (χ1) is 10.2. The van der Waals surface area contributed by atoms with Crippen LogP contribution >= 0.6 is 35.1 Å². The molecule has 5 heteroatoms. The average molecular weight is 342 g/mol. The zero-order valence-electron chi connectivity index (χ0n) is 12.1. The number of amides is 1. The molecule has 0 N–H and O–H groups in total. The maximum absolute atomic E-state index is 12.9. The molecule has 0 radical (unpaired) electrons. The normalized spacial score (nSPS) is 23.6. The minimum Gasteiger partial charge on any atom is -0.332 e. The van der Waals surface area contributed by atoms with Crippen molar-refractivity contribution in [3.8, 4) is 0 Å². The summed E-state index contributed by atoms with van der Waals surface area (Å²) in [5, 5.41) is 0.883. The van der Waals surface area contributed by atoms with Gasteiger partial charge in [-0.15, -0.1) is 11.8 Å². The van der Waals surface area contributed by atoms with Gasteiger partial charge in [0.25, 0.3) is 0 Å². The number of rotatable bonds is 4. The highest BCUT2D eigenvalue weighted by Crippen LogP contribution is 2.37. The molecule has 1 aromatic rings. The van der Waals surface area contributed by atoms with E-state index >= 15 is 0 Å². The molecule has 114 valence electrons. The van der Waals surface area contributed by atoms with Gasteiger partial charge in [-0.25, -0.2) is 0 Å². The molecular weight excluding hydrogens is 322 g/mol. The number of hydrogen-bond acceptors (Lipinski definition) is 3. The van der Waals surface area contributed by atoms with Crippen molar-refractivity contribution in [2.75, 3.05) is 17.3 Å². The maximum Gasteiger partial charge on any atom is 0.237 e. The van der Waals surface area contributed by atoms with Gasteiger partial charge in [0, 0.05) is 28.3 Å². The SMILES string of the molecule is CC(c1ccc(Cl)cc1)N(C(=O)C1CSCCS1)C1CC1. The van der Waals surface area contributed by atoms with Crippen LogP contribution in [0.4, 0.5) is 0 Å². The lowest BCUT2D eigenvalue weighted by Crippen LogP contribution is -2.43. The molecule has 1 heterocycles. The van der Waals surface area contributed by atoms with Crippen molar-refractivity contribution >= 4 is 41.0 Å². The molecule has 2 fully saturated rings. The Balaban J connectivity index is 1.77. The van der Waals surface area contributed by atoms with Crippen LogP contribution in [0, 0.1) is 0 Å². The van der Waals surface area contributed by atoms with Crippen LogP contribution in [0.5, 0.6) is 0 Å². The predicted molar refractivity (Wildman–Crippen MR) is 93.3 cm³/mol. The molecule has 1 saturated heterocycles. The molecule has 1 saturated carbocycles. The van der Waals surface area contributed by atoms with Gasteiger partial charge in [-0.2, -0.15) is 11.8 Å². The fourth-order valence-electron chi connectivity index (χ4n) is 2.74. The fraction of sp³-hybridized carbons (Fsp3) is 0.562. The highest BCUT2D eigenvalue weighted by Gasteiger charge is 2.39. The second-order valence-electron chi connectivity index (χ2n) is 5.64. The molecule has 2 atom stereocenters. The van der Waals surface area contributed by atoms with E-state index in [4.69, 9.17) is 11.6 Å². The molecular formula is C16H20ClNOS2. The Morgan fingerprint density at radius 2 is 2.00 bits per heavy atom. The fourth-order valence-corrected chi connectivity index (χ4v) is 5.47. The van der Waals surface area contributed by atoms with E-state index < -0.39 is 0 Å². The van der Waals surface area contributed by atoms with Crippen molar-refractivity contribution in [1.82, 2.24) is 4.90 Å². The Bertz CT molecular complexity index is 498. The van der Waals surface area contributed by atoms with E-state index in [0.29, 0.717) is 11.9 Å². The van der Waals surface area contributed by atoms with E-state index in [2.05, 4.69) is 11.8 Å². The molecule has 0 bridgehead atoms. The van der Waals surface area contributed by atoms with Crippen molar-refractivity contribution in [2.24, 2.45) is 0 Å². The minimum absolute atomic E-state index is 0.134. The molecule has 1 aromatic carbocycles. The highest BCUT2D eigenvalue weighted by atomic mass is 35.5. The number of thioether (sulfide) groups is 2. The number of halogens is 1. The van der Waals surface area contributed by atoms with Crippen molar-refractivity contribution in [3.63, 3.8) is 0 Å². The molecule has 1 amide bonds. The third kappa shape index (κ3) is 3.72. The van der Waals surface area contributed by atoms with Crippen molar-refractivity contribution in [2.45, 2.75) is 37.1 Å². The largest absolute Gasteiger partial charge is 0.332 e. The molecule has 2 unspecified atom stereocenters. The monoisotopic (exact) mass is 341 g/mol. The Morgan fingerprint density at radius 3 is 2.57 bits per heavy atom. The molecule has 2 nitrogen and oxygen atoms in total. The van der Waals surface area contributed by atoms with Crippen LogP contribution in [0.3, 0.4) is 0 Å². The second-order valence-corrected chi connectivity index (χ2v) is 8.54. The number of hydrogen-bond donors (Lipinski definition) is 0. The van der Waals surface area contributed by atoms with E-state index in [1.54, 1.807) is 0 Å². The summed E-state index contributed by atoms with van der Waals surface area (Å²) in [7, 11) is 0. The standard InChI is InChI=1S/C16H20ClNOS2/c1-11(12-2-4-13(17)5-3-12)18(14-6-7-14)16(19)15-10-20-8-9-21-15/h2-5,11,14-15H,6-10H2,1H3. The number of carbonyl (C=O) groups is 1. The van der Waals surface area contributed by atoms with Gasteiger partial charge in [-0.05, 0) is 37.5 Å². The third-order valence-corrected chi connectivity index (χ3v) is 7.05. The van der Waals surface area contributed by atoms with Gasteiger partial charge in [-0.1, -0.05) is 23.7 Å². The van der Waals surface area contributed by atoms with Gasteiger partial charge in [0.2, 0.25) is 5.91 Å². The van der Waals surface area contributed by atoms with Crippen molar-refractivity contribution < 1.29 is 4.79 Å². The quantitative estimate of drug-likeness (QED) is 0.817. The zero-order valence-corrected chi connectivity index (χ0v) is 14.5. The summed E-state index contributed by atoms with van der Waals surface area (Å²) in [6, 6.07) is 8.48. The zero-order chi connectivity index (χ0) is 14.8. The molecule has 1 aliphatic heterocycles. The summed E-state index contributed by atoms with van der Waals surface area (Å²) in [4.78, 5) is 15.1. The molecule has 3 rings (SSSR count). The van der Waals surface area contributed by atoms with Gasteiger partial charge >= 0.3 is 0 Å². The van der Waals surface area contributed by atoms with Crippen LogP contribution < -0.4 is 0 Å². The summed E-state index contributed by atoms with van der Waals surface area (Å²) < 4.78 is 0. The van der Waals surface area contributed by atoms with E-state index in [-0.39, 0.29) is 11.3 Å². The van der Waals surface area contributed by atoms with Crippen LogP contribution in [0.15, 0.2) is 24.3 Å². The topological polar surface area (TPSA) is 20.3 Å². The van der Waals surface area contributed by atoms with E-state index in [9.17, 15) is 4.79 Å². The maximum atomic E-state index is 12.9. The Kier molecular flexibility index (Phi) is 5.07. The molecule has 1 aliphatic carbocycles. The third-order valence-electron chi connectivity index (χ3n) is 4.06. The van der Waals surface area contributed by atoms with Gasteiger partial charge in [-0.3, -0.25) is 4.79 Å². The second kappa shape index (κ2) is 6.84. The van der Waals surface area contributed by atoms with Crippen LogP contribution in [0.2, 0.25) is 5.02 Å². The summed E-state index contributed by atoms with van der Waals surface area (Å²) >= 11 is 9.70. The Morgan fingerprint density at radius 1 is 1.29 bits per heavy atom. The van der Waals surface area contributed by atoms with Gasteiger partial charge < -0.3 is 4.90 Å². The number of nitrogens with zero attached hydrogens (tertiary/aromatic N) is 1. The molecule has 0 aromatic heterocycles. The smallest absolute Gasteiger partial charge is 0.237 e. The first-order valence-electron chi connectivity index (χ1n) is 7.44. The van der Waals surface area contributed by atoms with E-state index in [1.807, 2.05) is 47.8 Å². The van der Waals surface area contributed by atoms with Crippen LogP contribution in [-0.4, -0.2) is 39.4 Å². The van der Waals surface area contributed by atoms with Crippen molar-refractivity contribution in [1.29, 1.82) is 0 Å². The lowest BCUT2D eigenvalue weighted by molar-refractivity contribution is -0.133. The Hall–Kier alpha value is -0.320. The van der Waals surface area contributed by atoms with E-state index in [0.717, 1.165) is 29.4 Å². The Labute approximate surface area is 140 Å². The lowest BCUT2D eigenvalue weighted by atomic mass is 10.1. The number of benzene rings is 1. The van der Waals surface area contributed by atoms with Crippen molar-refractivity contribution in [3.05, 3.63) is 34.9 Å². The summed E-state index contributed by atoms with van der Waals surface area (Å²) in [6.07, 6.45) is 2.29. The number of carbonyl (C=O) groups excluding carboxylic acids is 1. The highest BCUT2D eigenvalue weighted by molar-refractivity contribution is 8.07. The van der Waals surface area contributed by atoms with Gasteiger partial charge in [0.1, 0.15) is 0 Å². The van der Waals surface area contributed by atoms with Crippen LogP contribution in [0.1, 0.15) is 31.4 Å². The predicted octanol–water partition coefficient (Wildman–Crippen LogP) is 4.24. The first-order valence-corrected chi connectivity index (χ1v) is 10.0. The summed E-state index contributed by atoms with van der Waals surface area (Å²) in [5.74, 6) is 3.55. The molecule has 2 aliphatic rings. The van der Waals surface area contributed by atoms with Gasteiger partial charge in [0.15, 0.2) is 0 Å². The van der Waals surface area contributed by atoms with Gasteiger partial charge in [0.05, 0.1) is 11.3 Å². The molecule has 21 heavy (non-hydrogen) atoms. The minimum atomic E-state index is 0.134. The van der Waals surface area contributed by atoms with Crippen LogP contribution in [-0.2, 0) is 4.79 Å².